The lowest BCUT2D eigenvalue weighted by Crippen LogP contribution is -1.90. The van der Waals surface area contributed by atoms with Crippen molar-refractivity contribution in [3.8, 4) is 5.75 Å². The number of rotatable bonds is 2. The van der Waals surface area contributed by atoms with Gasteiger partial charge in [0.1, 0.15) is 10.8 Å². The summed E-state index contributed by atoms with van der Waals surface area (Å²) < 4.78 is 4.63. The number of hydrogen-bond acceptors (Lipinski definition) is 2. The van der Waals surface area contributed by atoms with E-state index in [-0.39, 0.29) is 20.8 Å². The monoisotopic (exact) mass is 292 g/mol. The van der Waals surface area contributed by atoms with Gasteiger partial charge in [-0.05, 0) is 12.1 Å². The molecule has 0 bridgehead atoms. The minimum Gasteiger partial charge on any atom is -0.423 e. The van der Waals surface area contributed by atoms with E-state index in [0.29, 0.717) is 0 Å². The predicted molar refractivity (Wildman–Crippen MR) is 60.8 cm³/mol. The zero-order valence-electron chi connectivity index (χ0n) is 6.45. The van der Waals surface area contributed by atoms with Gasteiger partial charge in [0, 0.05) is 11.8 Å². The zero-order valence-corrected chi connectivity index (χ0v) is 10.4. The SMILES string of the molecule is OP(O)(=S)Oc1ccc(Cl)c(Cl)c1Cl. The van der Waals surface area contributed by atoms with Gasteiger partial charge in [-0.2, -0.15) is 0 Å². The van der Waals surface area contributed by atoms with Crippen molar-refractivity contribution in [2.24, 2.45) is 0 Å². The van der Waals surface area contributed by atoms with Crippen LogP contribution in [0.4, 0.5) is 0 Å². The summed E-state index contributed by atoms with van der Waals surface area (Å²) in [6.07, 6.45) is 0. The minimum atomic E-state index is -3.80. The predicted octanol–water partition coefficient (Wildman–Crippen LogP) is 3.23. The Kier molecular flexibility index (Phi) is 4.06. The molecule has 0 heterocycles. The van der Waals surface area contributed by atoms with Crippen molar-refractivity contribution in [2.45, 2.75) is 0 Å². The molecule has 2 N–H and O–H groups in total. The minimum absolute atomic E-state index is 0.00325. The van der Waals surface area contributed by atoms with Crippen LogP contribution in [0.25, 0.3) is 0 Å². The van der Waals surface area contributed by atoms with Crippen molar-refractivity contribution in [3.63, 3.8) is 0 Å². The molecule has 1 aromatic rings. The van der Waals surface area contributed by atoms with Gasteiger partial charge in [0.15, 0.2) is 0 Å². The molecule has 0 saturated carbocycles. The van der Waals surface area contributed by atoms with Crippen molar-refractivity contribution in [3.05, 3.63) is 27.2 Å². The molecular formula is C6H4Cl3O3PS. The third-order valence-corrected chi connectivity index (χ3v) is 3.15. The molecular weight excluding hydrogens is 289 g/mol. The first-order valence-corrected chi connectivity index (χ1v) is 6.96. The summed E-state index contributed by atoms with van der Waals surface area (Å²) >= 11 is 21.3. The van der Waals surface area contributed by atoms with Crippen LogP contribution in [-0.4, -0.2) is 9.79 Å². The molecule has 14 heavy (non-hydrogen) atoms. The van der Waals surface area contributed by atoms with Crippen molar-refractivity contribution >= 4 is 53.3 Å². The molecule has 3 nitrogen and oxygen atoms in total. The number of halogens is 3. The zero-order chi connectivity index (χ0) is 10.9. The molecule has 0 radical (unpaired) electrons. The van der Waals surface area contributed by atoms with Crippen LogP contribution < -0.4 is 4.52 Å². The van der Waals surface area contributed by atoms with E-state index in [2.05, 4.69) is 16.3 Å². The molecule has 1 aromatic carbocycles. The Morgan fingerprint density at radius 3 is 2.21 bits per heavy atom. The fourth-order valence-corrected chi connectivity index (χ4v) is 1.98. The molecule has 0 saturated heterocycles. The lowest BCUT2D eigenvalue weighted by molar-refractivity contribution is 0.371. The topological polar surface area (TPSA) is 49.7 Å². The van der Waals surface area contributed by atoms with Crippen LogP contribution in [0.5, 0.6) is 5.75 Å². The van der Waals surface area contributed by atoms with Gasteiger partial charge in [0.05, 0.1) is 10.0 Å². The maximum absolute atomic E-state index is 8.88. The smallest absolute Gasteiger partial charge is 0.375 e. The van der Waals surface area contributed by atoms with Crippen LogP contribution in [0.1, 0.15) is 0 Å². The Labute approximate surface area is 100 Å². The van der Waals surface area contributed by atoms with Crippen LogP contribution in [0.3, 0.4) is 0 Å². The Morgan fingerprint density at radius 1 is 1.14 bits per heavy atom. The molecule has 0 aromatic heterocycles. The summed E-state index contributed by atoms with van der Waals surface area (Å²) in [6.45, 7) is -3.80. The fourth-order valence-electron chi connectivity index (χ4n) is 0.707. The van der Waals surface area contributed by atoms with Gasteiger partial charge in [-0.15, -0.1) is 0 Å². The van der Waals surface area contributed by atoms with E-state index in [0.717, 1.165) is 0 Å². The largest absolute Gasteiger partial charge is 0.423 e. The maximum atomic E-state index is 8.88. The second-order valence-corrected chi connectivity index (χ2v) is 6.01. The van der Waals surface area contributed by atoms with Crippen LogP contribution in [0, 0.1) is 0 Å². The summed E-state index contributed by atoms with van der Waals surface area (Å²) in [6, 6.07) is 2.76. The van der Waals surface area contributed by atoms with Crippen LogP contribution in [0.15, 0.2) is 12.1 Å². The molecule has 0 spiro atoms. The lowest BCUT2D eigenvalue weighted by Gasteiger charge is -2.12. The highest BCUT2D eigenvalue weighted by Crippen LogP contribution is 2.44. The van der Waals surface area contributed by atoms with Gasteiger partial charge in [-0.3, -0.25) is 0 Å². The first-order valence-electron chi connectivity index (χ1n) is 3.20. The van der Waals surface area contributed by atoms with Gasteiger partial charge >= 0.3 is 6.72 Å². The number of hydrogen-bond donors (Lipinski definition) is 2. The average molecular weight is 293 g/mol. The second kappa shape index (κ2) is 4.54. The highest BCUT2D eigenvalue weighted by molar-refractivity contribution is 8.06. The lowest BCUT2D eigenvalue weighted by atomic mass is 10.3. The standard InChI is InChI=1S/C6H4Cl3O3PS/c7-3-1-2-4(6(9)5(3)8)12-13(10,11)14/h1-2H,(H2,10,11,14). The van der Waals surface area contributed by atoms with Gasteiger partial charge in [-0.1, -0.05) is 34.8 Å². The molecule has 0 amide bonds. The average Bonchev–Trinajstić information content (AvgIpc) is 2.04. The summed E-state index contributed by atoms with van der Waals surface area (Å²) in [5.41, 5.74) is 0. The van der Waals surface area contributed by atoms with E-state index in [1.165, 1.54) is 12.1 Å². The van der Waals surface area contributed by atoms with Gasteiger partial charge in [0.25, 0.3) is 0 Å². The van der Waals surface area contributed by atoms with Crippen LogP contribution in [-0.2, 0) is 11.8 Å². The Balaban J connectivity index is 3.12. The first-order chi connectivity index (χ1) is 6.31. The highest BCUT2D eigenvalue weighted by atomic mass is 35.5. The molecule has 0 fully saturated rings. The van der Waals surface area contributed by atoms with E-state index in [4.69, 9.17) is 44.6 Å². The summed E-state index contributed by atoms with van der Waals surface area (Å²) in [5, 5.41) is 0.318. The number of benzene rings is 1. The van der Waals surface area contributed by atoms with Gasteiger partial charge < -0.3 is 14.3 Å². The van der Waals surface area contributed by atoms with Crippen molar-refractivity contribution < 1.29 is 14.3 Å². The molecule has 0 atom stereocenters. The molecule has 0 aliphatic heterocycles. The maximum Gasteiger partial charge on any atom is 0.375 e. The van der Waals surface area contributed by atoms with Crippen molar-refractivity contribution in [1.82, 2.24) is 0 Å². The summed E-state index contributed by atoms with van der Waals surface area (Å²) in [7, 11) is 0. The van der Waals surface area contributed by atoms with E-state index in [1.807, 2.05) is 0 Å². The molecule has 0 unspecified atom stereocenters. The van der Waals surface area contributed by atoms with Gasteiger partial charge in [-0.25, -0.2) is 0 Å². The summed E-state index contributed by atoms with van der Waals surface area (Å²) in [5.74, 6) is -0.00519. The fraction of sp³-hybridized carbons (Fsp3) is 0. The molecule has 1 rings (SSSR count). The highest BCUT2D eigenvalue weighted by Gasteiger charge is 2.16. The van der Waals surface area contributed by atoms with Gasteiger partial charge in [0.2, 0.25) is 0 Å². The first kappa shape index (κ1) is 12.5. The molecule has 0 aliphatic rings. The molecule has 78 valence electrons. The Morgan fingerprint density at radius 2 is 1.71 bits per heavy atom. The third kappa shape index (κ3) is 3.24. The van der Waals surface area contributed by atoms with E-state index < -0.39 is 6.72 Å². The van der Waals surface area contributed by atoms with Crippen molar-refractivity contribution in [2.75, 3.05) is 0 Å². The Hall–Kier alpha value is 0.460. The van der Waals surface area contributed by atoms with E-state index in [1.54, 1.807) is 0 Å². The molecule has 0 aliphatic carbocycles. The quantitative estimate of drug-likeness (QED) is 0.649. The van der Waals surface area contributed by atoms with Crippen LogP contribution >= 0.6 is 41.5 Å². The summed E-state index contributed by atoms with van der Waals surface area (Å²) in [4.78, 5) is 17.8. The third-order valence-electron chi connectivity index (χ3n) is 1.22. The molecule has 8 heteroatoms. The second-order valence-electron chi connectivity index (χ2n) is 2.26. The normalized spacial score (nSPS) is 11.5. The van der Waals surface area contributed by atoms with E-state index >= 15 is 0 Å². The van der Waals surface area contributed by atoms with Crippen LogP contribution in [0.2, 0.25) is 15.1 Å². The Bertz CT molecular complexity index is 406. The van der Waals surface area contributed by atoms with Crippen molar-refractivity contribution in [1.29, 1.82) is 0 Å². The van der Waals surface area contributed by atoms with E-state index in [9.17, 15) is 0 Å².